The molecule has 8 heteroatoms. The minimum Gasteiger partial charge on any atom is -0.459 e. The molecule has 0 unspecified atom stereocenters. The van der Waals surface area contributed by atoms with Crippen LogP contribution in [0.25, 0.3) is 10.8 Å². The molecular weight excluding hydrogens is 422 g/mol. The van der Waals surface area contributed by atoms with E-state index in [9.17, 15) is 19.2 Å². The molecule has 3 amide bonds. The first-order valence-electron chi connectivity index (χ1n) is 10.6. The molecule has 1 heterocycles. The Bertz CT molecular complexity index is 1080. The molecule has 2 aromatic carbocycles. The Kier molecular flexibility index (Phi) is 9.82. The maximum absolute atomic E-state index is 12.1. The molecule has 3 aromatic rings. The van der Waals surface area contributed by atoms with Gasteiger partial charge >= 0.3 is 0 Å². The predicted octanol–water partition coefficient (Wildman–Crippen LogP) is 2.75. The van der Waals surface area contributed by atoms with E-state index in [0.29, 0.717) is 12.3 Å². The quantitative estimate of drug-likeness (QED) is 0.460. The van der Waals surface area contributed by atoms with Crippen LogP contribution in [-0.4, -0.2) is 36.1 Å². The first-order valence-corrected chi connectivity index (χ1v) is 10.6. The summed E-state index contributed by atoms with van der Waals surface area (Å²) in [6, 6.07) is 16.5. The molecule has 1 atom stereocenters. The minimum absolute atomic E-state index is 0.0387. The van der Waals surface area contributed by atoms with Crippen molar-refractivity contribution < 1.29 is 23.6 Å². The highest BCUT2D eigenvalue weighted by Gasteiger charge is 2.17. The van der Waals surface area contributed by atoms with Gasteiger partial charge in [-0.2, -0.15) is 0 Å². The summed E-state index contributed by atoms with van der Waals surface area (Å²) >= 11 is 0. The molecular formula is C25H29N3O5. The van der Waals surface area contributed by atoms with Crippen LogP contribution in [0.5, 0.6) is 0 Å². The molecule has 0 spiro atoms. The molecule has 1 aromatic heterocycles. The highest BCUT2D eigenvalue weighted by Crippen LogP contribution is 2.16. The molecule has 0 aliphatic carbocycles. The number of nitrogens with one attached hydrogen (secondary N) is 2. The monoisotopic (exact) mass is 451 g/mol. The summed E-state index contributed by atoms with van der Waals surface area (Å²) in [4.78, 5) is 45.3. The van der Waals surface area contributed by atoms with Crippen LogP contribution in [0, 0.1) is 0 Å². The lowest BCUT2D eigenvalue weighted by atomic mass is 10.0. The molecule has 0 radical (unpaired) electrons. The smallest absolute Gasteiger partial charge is 0.286 e. The van der Waals surface area contributed by atoms with Crippen molar-refractivity contribution in [1.82, 2.24) is 10.6 Å². The Morgan fingerprint density at radius 3 is 2.30 bits per heavy atom. The Morgan fingerprint density at radius 1 is 0.970 bits per heavy atom. The fraction of sp³-hybridized carbons (Fsp3) is 0.280. The summed E-state index contributed by atoms with van der Waals surface area (Å²) in [7, 11) is 0. The predicted molar refractivity (Wildman–Crippen MR) is 125 cm³/mol. The van der Waals surface area contributed by atoms with Crippen molar-refractivity contribution in [2.75, 3.05) is 6.54 Å². The van der Waals surface area contributed by atoms with Gasteiger partial charge in [-0.3, -0.25) is 19.2 Å². The number of hydrogen-bond donors (Lipinski definition) is 3. The number of benzene rings is 2. The Labute approximate surface area is 192 Å². The second-order valence-corrected chi connectivity index (χ2v) is 7.54. The topological polar surface area (TPSA) is 132 Å². The lowest BCUT2D eigenvalue weighted by molar-refractivity contribution is -0.123. The van der Waals surface area contributed by atoms with Gasteiger partial charge in [-0.05, 0) is 42.3 Å². The fourth-order valence-electron chi connectivity index (χ4n) is 3.23. The third-order valence-electron chi connectivity index (χ3n) is 4.61. The number of amides is 3. The van der Waals surface area contributed by atoms with Crippen LogP contribution < -0.4 is 16.4 Å². The van der Waals surface area contributed by atoms with Gasteiger partial charge in [0.15, 0.2) is 5.76 Å². The average molecular weight is 452 g/mol. The van der Waals surface area contributed by atoms with Gasteiger partial charge in [0.1, 0.15) is 5.78 Å². The first-order chi connectivity index (χ1) is 15.8. The molecule has 0 bridgehead atoms. The van der Waals surface area contributed by atoms with Gasteiger partial charge in [-0.15, -0.1) is 0 Å². The normalized spacial score (nSPS) is 11.1. The third-order valence-corrected chi connectivity index (χ3v) is 4.61. The van der Waals surface area contributed by atoms with Crippen molar-refractivity contribution in [2.24, 2.45) is 5.73 Å². The maximum Gasteiger partial charge on any atom is 0.286 e. The SMILES string of the molecule is CC(=O)C[C@H](CC(N)=O)NC(=O)Cc1ccc2ccccc2c1.CCNC(=O)c1ccco1. The van der Waals surface area contributed by atoms with Crippen LogP contribution in [0.1, 0.15) is 42.8 Å². The lowest BCUT2D eigenvalue weighted by Gasteiger charge is -2.16. The van der Waals surface area contributed by atoms with Gasteiger partial charge in [-0.1, -0.05) is 42.5 Å². The number of hydrogen-bond acceptors (Lipinski definition) is 5. The molecule has 33 heavy (non-hydrogen) atoms. The van der Waals surface area contributed by atoms with E-state index in [0.717, 1.165) is 16.3 Å². The summed E-state index contributed by atoms with van der Waals surface area (Å²) < 4.78 is 4.84. The number of primary amides is 1. The van der Waals surface area contributed by atoms with E-state index in [4.69, 9.17) is 10.2 Å². The standard InChI is InChI=1S/C18H20N2O3.C7H9NO2/c1-12(21)8-16(11-17(19)22)20-18(23)10-13-6-7-14-4-2-3-5-15(14)9-13;1-2-8-7(9)6-4-3-5-10-6/h2-7,9,16H,8,10-11H2,1H3,(H2,19,22)(H,20,23);3-5H,2H2,1H3,(H,8,9)/t16-;/m1./s1. The van der Waals surface area contributed by atoms with Gasteiger partial charge in [0.25, 0.3) is 5.91 Å². The first kappa shape index (κ1) is 25.3. The maximum atomic E-state index is 12.1. The number of nitrogens with two attached hydrogens (primary N) is 1. The van der Waals surface area contributed by atoms with Crippen molar-refractivity contribution in [2.45, 2.75) is 39.2 Å². The van der Waals surface area contributed by atoms with E-state index in [1.165, 1.54) is 13.2 Å². The van der Waals surface area contributed by atoms with Gasteiger partial charge in [0.2, 0.25) is 11.8 Å². The van der Waals surface area contributed by atoms with Crippen molar-refractivity contribution >= 4 is 34.3 Å². The number of carbonyl (C=O) groups excluding carboxylic acids is 4. The Morgan fingerprint density at radius 2 is 1.70 bits per heavy atom. The second-order valence-electron chi connectivity index (χ2n) is 7.54. The van der Waals surface area contributed by atoms with Gasteiger partial charge in [0, 0.05) is 25.4 Å². The Balaban J connectivity index is 0.000000321. The summed E-state index contributed by atoms with van der Waals surface area (Å²) in [6.07, 6.45) is 1.73. The largest absolute Gasteiger partial charge is 0.459 e. The molecule has 0 aliphatic rings. The van der Waals surface area contributed by atoms with Gasteiger partial charge in [0.05, 0.1) is 12.7 Å². The lowest BCUT2D eigenvalue weighted by Crippen LogP contribution is -2.39. The molecule has 0 saturated heterocycles. The average Bonchev–Trinajstić information content (AvgIpc) is 3.28. The molecule has 8 nitrogen and oxygen atoms in total. The number of ketones is 1. The number of carbonyl (C=O) groups is 4. The van der Waals surface area contributed by atoms with Crippen molar-refractivity contribution in [1.29, 1.82) is 0 Å². The third kappa shape index (κ3) is 8.98. The van der Waals surface area contributed by atoms with Crippen molar-refractivity contribution in [3.63, 3.8) is 0 Å². The highest BCUT2D eigenvalue weighted by molar-refractivity contribution is 5.91. The van der Waals surface area contributed by atoms with E-state index < -0.39 is 11.9 Å². The zero-order valence-electron chi connectivity index (χ0n) is 18.8. The van der Waals surface area contributed by atoms with E-state index >= 15 is 0 Å². The zero-order valence-corrected chi connectivity index (χ0v) is 18.8. The number of furan rings is 1. The van der Waals surface area contributed by atoms with E-state index in [1.807, 2.05) is 49.4 Å². The fourth-order valence-corrected chi connectivity index (χ4v) is 3.23. The van der Waals surface area contributed by atoms with Crippen LogP contribution in [0.3, 0.4) is 0 Å². The van der Waals surface area contributed by atoms with Crippen molar-refractivity contribution in [3.8, 4) is 0 Å². The van der Waals surface area contributed by atoms with Crippen molar-refractivity contribution in [3.05, 3.63) is 72.2 Å². The molecule has 0 saturated carbocycles. The van der Waals surface area contributed by atoms with Gasteiger partial charge < -0.3 is 20.8 Å². The molecule has 4 N–H and O–H groups in total. The minimum atomic E-state index is -0.544. The Hall–Kier alpha value is -3.94. The summed E-state index contributed by atoms with van der Waals surface area (Å²) in [6.45, 7) is 3.91. The summed E-state index contributed by atoms with van der Waals surface area (Å²) in [5.74, 6) is -0.661. The highest BCUT2D eigenvalue weighted by atomic mass is 16.3. The van der Waals surface area contributed by atoms with E-state index in [1.54, 1.807) is 12.1 Å². The summed E-state index contributed by atoms with van der Waals surface area (Å²) in [5, 5.41) is 7.51. The van der Waals surface area contributed by atoms with E-state index in [2.05, 4.69) is 10.6 Å². The van der Waals surface area contributed by atoms with Crippen LogP contribution in [0.4, 0.5) is 0 Å². The van der Waals surface area contributed by atoms with Crippen LogP contribution in [0.2, 0.25) is 0 Å². The van der Waals surface area contributed by atoms with Crippen LogP contribution in [0.15, 0.2) is 65.3 Å². The van der Waals surface area contributed by atoms with Gasteiger partial charge in [-0.25, -0.2) is 0 Å². The van der Waals surface area contributed by atoms with E-state index in [-0.39, 0.29) is 36.9 Å². The number of Topliss-reactive ketones (excluding diaryl/α,β-unsaturated/α-hetero) is 1. The molecule has 174 valence electrons. The molecule has 0 aliphatic heterocycles. The second kappa shape index (κ2) is 12.8. The molecule has 3 rings (SSSR count). The molecule has 0 fully saturated rings. The van der Waals surface area contributed by atoms with Crippen LogP contribution >= 0.6 is 0 Å². The zero-order chi connectivity index (χ0) is 24.2. The summed E-state index contributed by atoms with van der Waals surface area (Å²) in [5.41, 5.74) is 6.03. The van der Waals surface area contributed by atoms with Crippen LogP contribution in [-0.2, 0) is 20.8 Å². The number of fused-ring (bicyclic) bond motifs is 1. The number of rotatable bonds is 9.